The first kappa shape index (κ1) is 16.3. The van der Waals surface area contributed by atoms with E-state index < -0.39 is 23.0 Å². The van der Waals surface area contributed by atoms with E-state index in [9.17, 15) is 19.7 Å². The number of methoxy groups -OCH3 is 2. The van der Waals surface area contributed by atoms with Crippen LogP contribution in [0.4, 0.5) is 10.5 Å². The summed E-state index contributed by atoms with van der Waals surface area (Å²) in [6.45, 7) is 1.54. The number of esters is 1. The van der Waals surface area contributed by atoms with E-state index in [1.807, 2.05) is 0 Å². The van der Waals surface area contributed by atoms with Crippen molar-refractivity contribution in [1.82, 2.24) is 10.6 Å². The van der Waals surface area contributed by atoms with Gasteiger partial charge in [-0.1, -0.05) is 0 Å². The molecule has 1 aromatic rings. The molecule has 0 fully saturated rings. The van der Waals surface area contributed by atoms with Gasteiger partial charge in [-0.25, -0.2) is 9.59 Å². The molecule has 2 amide bonds. The van der Waals surface area contributed by atoms with Gasteiger partial charge in [-0.2, -0.15) is 0 Å². The number of nitrogens with one attached hydrogen (secondary N) is 2. The predicted octanol–water partition coefficient (Wildman–Crippen LogP) is 1.40. The number of nitrogens with zero attached hydrogens (tertiary/aromatic N) is 1. The van der Waals surface area contributed by atoms with Crippen LogP contribution in [0.2, 0.25) is 0 Å². The molecule has 0 spiro atoms. The quantitative estimate of drug-likeness (QED) is 0.491. The molecule has 9 heteroatoms. The molecule has 2 rings (SSSR count). The van der Waals surface area contributed by atoms with Crippen LogP contribution >= 0.6 is 0 Å². The van der Waals surface area contributed by atoms with E-state index in [1.54, 1.807) is 6.92 Å². The normalized spacial score (nSPS) is 17.2. The molecule has 23 heavy (non-hydrogen) atoms. The lowest BCUT2D eigenvalue weighted by atomic mass is 9.94. The van der Waals surface area contributed by atoms with Crippen molar-refractivity contribution in [3.63, 3.8) is 0 Å². The summed E-state index contributed by atoms with van der Waals surface area (Å²) in [5, 5.41) is 16.0. The van der Waals surface area contributed by atoms with Crippen molar-refractivity contribution in [3.05, 3.63) is 45.1 Å². The van der Waals surface area contributed by atoms with Crippen molar-refractivity contribution in [2.75, 3.05) is 14.2 Å². The summed E-state index contributed by atoms with van der Waals surface area (Å²) < 4.78 is 9.93. The van der Waals surface area contributed by atoms with E-state index in [-0.39, 0.29) is 16.8 Å². The van der Waals surface area contributed by atoms with Gasteiger partial charge in [-0.3, -0.25) is 10.1 Å². The molecule has 1 heterocycles. The molecule has 0 aliphatic carbocycles. The molecular formula is C14H15N3O6. The number of carbonyl (C=O) groups is 2. The maximum atomic E-state index is 12.0. The smallest absolute Gasteiger partial charge is 0.337 e. The van der Waals surface area contributed by atoms with E-state index in [4.69, 9.17) is 9.47 Å². The molecule has 2 N–H and O–H groups in total. The van der Waals surface area contributed by atoms with Crippen molar-refractivity contribution in [2.24, 2.45) is 0 Å². The molecule has 0 aromatic heterocycles. The summed E-state index contributed by atoms with van der Waals surface area (Å²) in [5.41, 5.74) is 0.553. The lowest BCUT2D eigenvalue weighted by molar-refractivity contribution is -0.385. The number of hydrogen-bond acceptors (Lipinski definition) is 6. The van der Waals surface area contributed by atoms with Crippen molar-refractivity contribution in [2.45, 2.75) is 13.0 Å². The second-order valence-electron chi connectivity index (χ2n) is 4.75. The number of nitro benzene ring substituents is 1. The Morgan fingerprint density at radius 2 is 2.04 bits per heavy atom. The van der Waals surface area contributed by atoms with Crippen LogP contribution < -0.4 is 15.4 Å². The van der Waals surface area contributed by atoms with Crippen molar-refractivity contribution in [1.29, 1.82) is 0 Å². The van der Waals surface area contributed by atoms with Crippen LogP contribution in [0.25, 0.3) is 0 Å². The minimum atomic E-state index is -0.925. The first-order valence-electron chi connectivity index (χ1n) is 6.58. The van der Waals surface area contributed by atoms with Gasteiger partial charge in [-0.05, 0) is 13.0 Å². The van der Waals surface area contributed by atoms with E-state index in [1.165, 1.54) is 32.4 Å². The Morgan fingerprint density at radius 1 is 1.35 bits per heavy atom. The number of benzene rings is 1. The van der Waals surface area contributed by atoms with Crippen LogP contribution in [-0.4, -0.2) is 31.1 Å². The highest BCUT2D eigenvalue weighted by Crippen LogP contribution is 2.35. The summed E-state index contributed by atoms with van der Waals surface area (Å²) in [5.74, 6) is -0.356. The highest BCUT2D eigenvalue weighted by atomic mass is 16.6. The van der Waals surface area contributed by atoms with Crippen molar-refractivity contribution < 1.29 is 24.0 Å². The van der Waals surface area contributed by atoms with Crippen LogP contribution in [-0.2, 0) is 9.53 Å². The first-order chi connectivity index (χ1) is 10.9. The second kappa shape index (κ2) is 6.34. The van der Waals surface area contributed by atoms with Gasteiger partial charge in [0.15, 0.2) is 0 Å². The highest BCUT2D eigenvalue weighted by Gasteiger charge is 2.34. The van der Waals surface area contributed by atoms with E-state index in [0.29, 0.717) is 11.4 Å². The number of amides is 2. The SMILES string of the molecule is COC(=O)C1=C(C)NC(=O)N[C@@H]1c1cc([N+](=O)[O-])ccc1OC. The Kier molecular flexibility index (Phi) is 4.49. The molecule has 1 atom stereocenters. The van der Waals surface area contributed by atoms with E-state index in [2.05, 4.69) is 10.6 Å². The first-order valence-corrected chi connectivity index (χ1v) is 6.58. The number of rotatable bonds is 4. The average molecular weight is 321 g/mol. The van der Waals surface area contributed by atoms with Crippen LogP contribution in [0.1, 0.15) is 18.5 Å². The summed E-state index contributed by atoms with van der Waals surface area (Å²) in [6, 6.07) is 2.48. The zero-order valence-electron chi connectivity index (χ0n) is 12.7. The standard InChI is InChI=1S/C14H15N3O6/c1-7-11(13(18)23-3)12(16-14(19)15-7)9-6-8(17(20)21)4-5-10(9)22-2/h4-6,12H,1-3H3,(H2,15,16,19)/t12-/m1/s1. The fourth-order valence-electron chi connectivity index (χ4n) is 2.37. The topological polar surface area (TPSA) is 120 Å². The van der Waals surface area contributed by atoms with Crippen LogP contribution in [0, 0.1) is 10.1 Å². The van der Waals surface area contributed by atoms with Gasteiger partial charge in [0.2, 0.25) is 0 Å². The van der Waals surface area contributed by atoms with Crippen LogP contribution in [0.15, 0.2) is 29.5 Å². The van der Waals surface area contributed by atoms with Crippen LogP contribution in [0.5, 0.6) is 5.75 Å². The van der Waals surface area contributed by atoms with E-state index >= 15 is 0 Å². The van der Waals surface area contributed by atoms with Gasteiger partial charge in [0.1, 0.15) is 5.75 Å². The second-order valence-corrected chi connectivity index (χ2v) is 4.75. The van der Waals surface area contributed by atoms with Gasteiger partial charge in [0.05, 0.1) is 30.8 Å². The number of urea groups is 1. The predicted molar refractivity (Wildman–Crippen MR) is 78.8 cm³/mol. The fraction of sp³-hybridized carbons (Fsp3) is 0.286. The summed E-state index contributed by atoms with van der Waals surface area (Å²) in [4.78, 5) is 34.2. The van der Waals surface area contributed by atoms with Gasteiger partial charge >= 0.3 is 12.0 Å². The number of ether oxygens (including phenoxy) is 2. The number of non-ortho nitro benzene ring substituents is 1. The van der Waals surface area contributed by atoms with Crippen molar-refractivity contribution >= 4 is 17.7 Å². The minimum Gasteiger partial charge on any atom is -0.496 e. The lowest BCUT2D eigenvalue weighted by Gasteiger charge is -2.28. The zero-order chi connectivity index (χ0) is 17.1. The highest BCUT2D eigenvalue weighted by molar-refractivity contribution is 5.95. The maximum Gasteiger partial charge on any atom is 0.337 e. The molecule has 0 bridgehead atoms. The lowest BCUT2D eigenvalue weighted by Crippen LogP contribution is -2.45. The van der Waals surface area contributed by atoms with Gasteiger partial charge in [0, 0.05) is 23.4 Å². The molecule has 0 saturated heterocycles. The Bertz CT molecular complexity index is 712. The summed E-state index contributed by atoms with van der Waals surface area (Å²) in [6.07, 6.45) is 0. The number of allylic oxidation sites excluding steroid dienone is 1. The average Bonchev–Trinajstić information content (AvgIpc) is 2.52. The molecule has 1 aliphatic rings. The molecule has 1 aliphatic heterocycles. The van der Waals surface area contributed by atoms with Crippen molar-refractivity contribution in [3.8, 4) is 5.75 Å². The Hall–Kier alpha value is -3.10. The van der Waals surface area contributed by atoms with Gasteiger partial charge in [0.25, 0.3) is 5.69 Å². The van der Waals surface area contributed by atoms with E-state index in [0.717, 1.165) is 0 Å². The zero-order valence-corrected chi connectivity index (χ0v) is 12.7. The minimum absolute atomic E-state index is 0.144. The Balaban J connectivity index is 2.63. The summed E-state index contributed by atoms with van der Waals surface area (Å²) in [7, 11) is 2.60. The number of hydrogen-bond donors (Lipinski definition) is 2. The van der Waals surface area contributed by atoms with Gasteiger partial charge < -0.3 is 20.1 Å². The van der Waals surface area contributed by atoms with Gasteiger partial charge in [-0.15, -0.1) is 0 Å². The molecular weight excluding hydrogens is 306 g/mol. The number of nitro groups is 1. The molecule has 122 valence electrons. The maximum absolute atomic E-state index is 12.0. The molecule has 0 radical (unpaired) electrons. The molecule has 0 unspecified atom stereocenters. The summed E-state index contributed by atoms with van der Waals surface area (Å²) >= 11 is 0. The third-order valence-corrected chi connectivity index (χ3v) is 3.41. The Labute approximate surface area is 131 Å². The molecule has 0 saturated carbocycles. The largest absolute Gasteiger partial charge is 0.496 e. The fourth-order valence-corrected chi connectivity index (χ4v) is 2.37. The number of carbonyl (C=O) groups excluding carboxylic acids is 2. The Morgan fingerprint density at radius 3 is 2.61 bits per heavy atom. The third kappa shape index (κ3) is 3.07. The third-order valence-electron chi connectivity index (χ3n) is 3.41. The molecule has 9 nitrogen and oxygen atoms in total. The monoisotopic (exact) mass is 321 g/mol. The molecule has 1 aromatic carbocycles. The van der Waals surface area contributed by atoms with Crippen LogP contribution in [0.3, 0.4) is 0 Å².